The predicted molar refractivity (Wildman–Crippen MR) is 133 cm³/mol. The molecule has 0 spiro atoms. The van der Waals surface area contributed by atoms with Gasteiger partial charge in [0.1, 0.15) is 17.3 Å². The largest absolute Gasteiger partial charge is 0.493 e. The number of ether oxygens (including phenoxy) is 1. The van der Waals surface area contributed by atoms with Crippen LogP contribution in [0.5, 0.6) is 5.75 Å². The molecule has 0 saturated heterocycles. The smallest absolute Gasteiger partial charge is 0.139 e. The molecule has 0 aliphatic heterocycles. The third-order valence-electron chi connectivity index (χ3n) is 4.70. The van der Waals surface area contributed by atoms with E-state index < -0.39 is 0 Å². The van der Waals surface area contributed by atoms with Gasteiger partial charge in [0.05, 0.1) is 12.4 Å². The summed E-state index contributed by atoms with van der Waals surface area (Å²) in [6.07, 6.45) is 5.78. The van der Waals surface area contributed by atoms with Crippen molar-refractivity contribution in [2.45, 2.75) is 33.6 Å². The Morgan fingerprint density at radius 1 is 1.09 bits per heavy atom. The fourth-order valence-corrected chi connectivity index (χ4v) is 3.43. The minimum atomic E-state index is -0.222. The highest BCUT2D eigenvalue weighted by Crippen LogP contribution is 2.23. The lowest BCUT2D eigenvalue weighted by molar-refractivity contribution is -0.114. The second kappa shape index (κ2) is 14.4. The van der Waals surface area contributed by atoms with Gasteiger partial charge in [-0.05, 0) is 78.5 Å². The van der Waals surface area contributed by atoms with E-state index in [1.54, 1.807) is 30.9 Å². The summed E-state index contributed by atoms with van der Waals surface area (Å²) >= 11 is 1.67. The fraction of sp³-hybridized carbons (Fsp3) is 0.333. The monoisotopic (exact) mass is 453 g/mol. The number of thioether (sulfide) groups is 1. The van der Waals surface area contributed by atoms with Crippen molar-refractivity contribution in [3.8, 4) is 16.9 Å². The first-order chi connectivity index (χ1) is 15.5. The number of halogens is 1. The number of hydrogen-bond acceptors (Lipinski definition) is 4. The summed E-state index contributed by atoms with van der Waals surface area (Å²) in [6, 6.07) is 18.5. The Balaban J connectivity index is 0.000000451. The molecule has 0 aliphatic carbocycles. The molecule has 0 N–H and O–H groups in total. The van der Waals surface area contributed by atoms with Crippen LogP contribution in [0.2, 0.25) is 0 Å². The number of aryl methyl sites for hydroxylation is 1. The van der Waals surface area contributed by atoms with Crippen LogP contribution in [0.4, 0.5) is 4.39 Å². The van der Waals surface area contributed by atoms with E-state index in [1.807, 2.05) is 49.5 Å². The number of Topliss-reactive ketones (excluding diaryl/α,β-unsaturated/α-hetero) is 1. The molecule has 3 nitrogen and oxygen atoms in total. The molecule has 1 aromatic heterocycles. The molecule has 5 heteroatoms. The molecule has 0 saturated carbocycles. The molecule has 0 amide bonds. The van der Waals surface area contributed by atoms with Gasteiger partial charge in [-0.25, -0.2) is 4.39 Å². The second-order valence-corrected chi connectivity index (χ2v) is 8.96. The molecule has 170 valence electrons. The van der Waals surface area contributed by atoms with Gasteiger partial charge in [-0.3, -0.25) is 9.78 Å². The first-order valence-corrected chi connectivity index (χ1v) is 12.1. The van der Waals surface area contributed by atoms with E-state index >= 15 is 0 Å². The van der Waals surface area contributed by atoms with E-state index in [9.17, 15) is 9.18 Å². The average Bonchev–Trinajstić information content (AvgIpc) is 2.81. The molecular weight excluding hydrogens is 421 g/mol. The molecule has 1 heterocycles. The number of benzene rings is 2. The molecule has 3 rings (SSSR count). The Labute approximate surface area is 195 Å². The number of nitrogens with zero attached hydrogens (tertiary/aromatic N) is 1. The van der Waals surface area contributed by atoms with Crippen molar-refractivity contribution in [2.75, 3.05) is 18.1 Å². The summed E-state index contributed by atoms with van der Waals surface area (Å²) in [5.74, 6) is 3.07. The van der Waals surface area contributed by atoms with Gasteiger partial charge < -0.3 is 4.74 Å². The average molecular weight is 454 g/mol. The third kappa shape index (κ3) is 10.1. The molecule has 0 radical (unpaired) electrons. The molecule has 0 bridgehead atoms. The van der Waals surface area contributed by atoms with E-state index in [-0.39, 0.29) is 11.6 Å². The van der Waals surface area contributed by atoms with Crippen LogP contribution in [0.3, 0.4) is 0 Å². The zero-order chi connectivity index (χ0) is 23.2. The minimum Gasteiger partial charge on any atom is -0.493 e. The van der Waals surface area contributed by atoms with E-state index in [4.69, 9.17) is 4.74 Å². The van der Waals surface area contributed by atoms with Crippen LogP contribution in [0.15, 0.2) is 73.1 Å². The summed E-state index contributed by atoms with van der Waals surface area (Å²) in [6.45, 7) is 6.54. The van der Waals surface area contributed by atoms with Gasteiger partial charge in [-0.15, -0.1) is 0 Å². The highest BCUT2D eigenvalue weighted by Gasteiger charge is 2.05. The van der Waals surface area contributed by atoms with E-state index in [0.717, 1.165) is 35.5 Å². The lowest BCUT2D eigenvalue weighted by atomic mass is 10.0. The van der Waals surface area contributed by atoms with Crippen LogP contribution in [0, 0.1) is 11.7 Å². The molecule has 0 fully saturated rings. The summed E-state index contributed by atoms with van der Waals surface area (Å²) in [4.78, 5) is 14.3. The van der Waals surface area contributed by atoms with Crippen molar-refractivity contribution in [2.24, 2.45) is 5.92 Å². The van der Waals surface area contributed by atoms with E-state index in [0.29, 0.717) is 18.3 Å². The van der Waals surface area contributed by atoms with Crippen molar-refractivity contribution in [3.05, 3.63) is 84.4 Å². The van der Waals surface area contributed by atoms with Gasteiger partial charge in [-0.1, -0.05) is 44.2 Å². The zero-order valence-corrected chi connectivity index (χ0v) is 19.9. The highest BCUT2D eigenvalue weighted by atomic mass is 32.2. The first kappa shape index (κ1) is 25.6. The first-order valence-electron chi connectivity index (χ1n) is 10.9. The maximum absolute atomic E-state index is 13.3. The Hall–Kier alpha value is -2.66. The Bertz CT molecular complexity index is 932. The number of aromatic nitrogens is 1. The van der Waals surface area contributed by atoms with Crippen molar-refractivity contribution >= 4 is 17.5 Å². The van der Waals surface area contributed by atoms with Crippen LogP contribution >= 0.6 is 11.8 Å². The lowest BCUT2D eigenvalue weighted by Crippen LogP contribution is -2.09. The maximum atomic E-state index is 13.3. The predicted octanol–water partition coefficient (Wildman–Crippen LogP) is 6.86. The van der Waals surface area contributed by atoms with E-state index in [2.05, 4.69) is 18.0 Å². The molecular formula is C27H32FNO2S. The van der Waals surface area contributed by atoms with Gasteiger partial charge in [0.25, 0.3) is 0 Å². The topological polar surface area (TPSA) is 39.2 Å². The van der Waals surface area contributed by atoms with Crippen molar-refractivity contribution in [1.82, 2.24) is 4.98 Å². The quantitative estimate of drug-likeness (QED) is 0.336. The number of carbonyl (C=O) groups is 1. The van der Waals surface area contributed by atoms with Crippen LogP contribution < -0.4 is 4.74 Å². The van der Waals surface area contributed by atoms with Crippen LogP contribution in [0.25, 0.3) is 11.1 Å². The van der Waals surface area contributed by atoms with Gasteiger partial charge in [0.2, 0.25) is 0 Å². The third-order valence-corrected chi connectivity index (χ3v) is 5.72. The number of rotatable bonds is 10. The SMILES string of the molecule is CC(CCc1cccnc1)COc1ccc(-c2cccc(F)c2)cc1.CCSCC(C)=O. The van der Waals surface area contributed by atoms with Crippen LogP contribution in [0.1, 0.15) is 32.8 Å². The highest BCUT2D eigenvalue weighted by molar-refractivity contribution is 7.99. The molecule has 1 atom stereocenters. The number of hydrogen-bond donors (Lipinski definition) is 0. The van der Waals surface area contributed by atoms with Crippen molar-refractivity contribution < 1.29 is 13.9 Å². The van der Waals surface area contributed by atoms with Crippen molar-refractivity contribution in [1.29, 1.82) is 0 Å². The fourth-order valence-electron chi connectivity index (χ4n) is 2.94. The molecule has 3 aromatic rings. The normalized spacial score (nSPS) is 11.2. The van der Waals surface area contributed by atoms with Crippen LogP contribution in [-0.2, 0) is 11.2 Å². The summed E-state index contributed by atoms with van der Waals surface area (Å²) in [7, 11) is 0. The molecule has 0 aliphatic rings. The molecule has 2 aromatic carbocycles. The summed E-state index contributed by atoms with van der Waals surface area (Å²) in [5.41, 5.74) is 3.11. The number of carbonyl (C=O) groups excluding carboxylic acids is 1. The Morgan fingerprint density at radius 3 is 2.47 bits per heavy atom. The lowest BCUT2D eigenvalue weighted by Gasteiger charge is -2.13. The maximum Gasteiger partial charge on any atom is 0.139 e. The van der Waals surface area contributed by atoms with Gasteiger partial charge in [-0.2, -0.15) is 11.8 Å². The molecule has 1 unspecified atom stereocenters. The molecule has 32 heavy (non-hydrogen) atoms. The van der Waals surface area contributed by atoms with Crippen LogP contribution in [-0.4, -0.2) is 28.9 Å². The van der Waals surface area contributed by atoms with Gasteiger partial charge in [0, 0.05) is 12.4 Å². The summed E-state index contributed by atoms with van der Waals surface area (Å²) < 4.78 is 19.2. The standard InChI is InChI=1S/C22H22FNO.C5H10OS/c1-17(7-8-18-4-3-13-24-15-18)16-25-22-11-9-19(10-12-22)20-5-2-6-21(23)14-20;1-3-7-4-5(2)6/h2-6,9-15,17H,7-8,16H2,1H3;3-4H2,1-2H3. The van der Waals surface area contributed by atoms with Crippen molar-refractivity contribution in [3.63, 3.8) is 0 Å². The second-order valence-electron chi connectivity index (χ2n) is 7.69. The minimum absolute atomic E-state index is 0.222. The zero-order valence-electron chi connectivity index (χ0n) is 19.1. The van der Waals surface area contributed by atoms with Gasteiger partial charge in [0.15, 0.2) is 0 Å². The number of pyridine rings is 1. The van der Waals surface area contributed by atoms with E-state index in [1.165, 1.54) is 17.7 Å². The summed E-state index contributed by atoms with van der Waals surface area (Å²) in [5, 5.41) is 0. The Kier molecular flexibility index (Phi) is 11.5. The number of ketones is 1. The Morgan fingerprint density at radius 2 is 1.88 bits per heavy atom. The van der Waals surface area contributed by atoms with Gasteiger partial charge >= 0.3 is 0 Å².